The number of hydrogen-bond donors (Lipinski definition) is 2. The lowest BCUT2D eigenvalue weighted by molar-refractivity contribution is -0.136. The second-order valence-electron chi connectivity index (χ2n) is 5.35. The summed E-state index contributed by atoms with van der Waals surface area (Å²) < 4.78 is 38.7. The number of nitrogens with one attached hydrogen (secondary N) is 2. The van der Waals surface area contributed by atoms with Crippen LogP contribution in [0.5, 0.6) is 0 Å². The molecule has 2 aliphatic carbocycles. The van der Waals surface area contributed by atoms with Crippen LogP contribution in [0.3, 0.4) is 0 Å². The molecule has 2 N–H and O–H groups in total. The van der Waals surface area contributed by atoms with Crippen molar-refractivity contribution in [1.82, 2.24) is 5.43 Å². The van der Waals surface area contributed by atoms with Crippen molar-refractivity contribution in [2.75, 3.05) is 5.32 Å². The summed E-state index contributed by atoms with van der Waals surface area (Å²) in [4.78, 5) is 0. The van der Waals surface area contributed by atoms with E-state index >= 15 is 0 Å². The molecule has 116 valence electrons. The fourth-order valence-corrected chi connectivity index (χ4v) is 2.93. The molecule has 2 atom stereocenters. The van der Waals surface area contributed by atoms with E-state index in [4.69, 9.17) is 12.2 Å². The van der Waals surface area contributed by atoms with E-state index in [1.807, 2.05) is 0 Å². The normalized spacial score (nSPS) is 24.8. The van der Waals surface area contributed by atoms with Crippen molar-refractivity contribution >= 4 is 28.7 Å². The van der Waals surface area contributed by atoms with Crippen LogP contribution in [0.15, 0.2) is 41.5 Å². The van der Waals surface area contributed by atoms with Crippen LogP contribution in [0.25, 0.3) is 0 Å². The fourth-order valence-electron chi connectivity index (χ4n) is 2.78. The van der Waals surface area contributed by atoms with Crippen molar-refractivity contribution < 1.29 is 13.2 Å². The lowest BCUT2D eigenvalue weighted by Crippen LogP contribution is -2.36. The molecule has 3 rings (SSSR count). The minimum atomic E-state index is -4.43. The maximum Gasteiger partial charge on any atom is 0.418 e. The Bertz CT molecular complexity index is 652. The zero-order chi connectivity index (χ0) is 15.7. The van der Waals surface area contributed by atoms with Crippen LogP contribution in [-0.2, 0) is 6.18 Å². The number of anilines is 1. The second kappa shape index (κ2) is 5.72. The Morgan fingerprint density at radius 3 is 2.77 bits per heavy atom. The van der Waals surface area contributed by atoms with Crippen LogP contribution in [0.2, 0.25) is 0 Å². The number of para-hydroxylation sites is 1. The molecule has 0 spiro atoms. The monoisotopic (exact) mass is 325 g/mol. The van der Waals surface area contributed by atoms with Crippen molar-refractivity contribution in [3.8, 4) is 0 Å². The van der Waals surface area contributed by atoms with E-state index < -0.39 is 11.7 Å². The van der Waals surface area contributed by atoms with Crippen LogP contribution in [0.4, 0.5) is 18.9 Å². The number of halogens is 3. The number of fused-ring (bicyclic) bond motifs is 1. The SMILES string of the molecule is FC(F)(F)c1ccccc1NC(=S)N/N=C1/C[C@@H]2C=CC[C@@H]12. The first kappa shape index (κ1) is 15.0. The summed E-state index contributed by atoms with van der Waals surface area (Å²) >= 11 is 5.02. The van der Waals surface area contributed by atoms with Gasteiger partial charge in [-0.05, 0) is 43.1 Å². The minimum absolute atomic E-state index is 0.0543. The summed E-state index contributed by atoms with van der Waals surface area (Å²) in [6.45, 7) is 0. The van der Waals surface area contributed by atoms with Gasteiger partial charge in [-0.15, -0.1) is 0 Å². The predicted molar refractivity (Wildman–Crippen MR) is 83.6 cm³/mol. The zero-order valence-corrected chi connectivity index (χ0v) is 12.3. The van der Waals surface area contributed by atoms with Gasteiger partial charge in [0.2, 0.25) is 0 Å². The van der Waals surface area contributed by atoms with Crippen molar-refractivity contribution in [3.05, 3.63) is 42.0 Å². The van der Waals surface area contributed by atoms with Gasteiger partial charge in [0.25, 0.3) is 0 Å². The van der Waals surface area contributed by atoms with E-state index in [1.54, 1.807) is 0 Å². The van der Waals surface area contributed by atoms with Gasteiger partial charge in [0.1, 0.15) is 0 Å². The van der Waals surface area contributed by atoms with Crippen LogP contribution in [0.1, 0.15) is 18.4 Å². The van der Waals surface area contributed by atoms with Crippen molar-refractivity contribution in [1.29, 1.82) is 0 Å². The van der Waals surface area contributed by atoms with Gasteiger partial charge < -0.3 is 5.32 Å². The maximum absolute atomic E-state index is 12.9. The molecule has 1 aromatic rings. The highest BCUT2D eigenvalue weighted by Crippen LogP contribution is 2.40. The molecule has 0 saturated heterocycles. The highest BCUT2D eigenvalue weighted by molar-refractivity contribution is 7.80. The number of benzene rings is 1. The average molecular weight is 325 g/mol. The fraction of sp³-hybridized carbons (Fsp3) is 0.333. The van der Waals surface area contributed by atoms with E-state index in [2.05, 4.69) is 28.0 Å². The summed E-state index contributed by atoms with van der Waals surface area (Å²) in [5.74, 6) is 0.991. The van der Waals surface area contributed by atoms with Gasteiger partial charge in [-0.2, -0.15) is 18.3 Å². The number of thiocarbonyl (C=S) groups is 1. The Labute approximate surface area is 131 Å². The topological polar surface area (TPSA) is 36.4 Å². The molecule has 0 bridgehead atoms. The van der Waals surface area contributed by atoms with Crippen molar-refractivity contribution in [2.24, 2.45) is 16.9 Å². The van der Waals surface area contributed by atoms with Crippen LogP contribution in [-0.4, -0.2) is 10.8 Å². The van der Waals surface area contributed by atoms with E-state index in [0.717, 1.165) is 24.6 Å². The summed E-state index contributed by atoms with van der Waals surface area (Å²) in [5.41, 5.74) is 2.82. The van der Waals surface area contributed by atoms with Gasteiger partial charge in [-0.3, -0.25) is 5.43 Å². The molecule has 7 heteroatoms. The van der Waals surface area contributed by atoms with Gasteiger partial charge in [-0.25, -0.2) is 0 Å². The molecule has 22 heavy (non-hydrogen) atoms. The first-order chi connectivity index (χ1) is 10.4. The van der Waals surface area contributed by atoms with E-state index in [9.17, 15) is 13.2 Å². The average Bonchev–Trinajstić information content (AvgIpc) is 2.80. The highest BCUT2D eigenvalue weighted by Gasteiger charge is 2.38. The van der Waals surface area contributed by atoms with Gasteiger partial charge in [0.05, 0.1) is 11.3 Å². The molecular weight excluding hydrogens is 311 g/mol. The molecule has 3 nitrogen and oxygen atoms in total. The molecule has 0 radical (unpaired) electrons. The van der Waals surface area contributed by atoms with E-state index in [-0.39, 0.29) is 10.8 Å². The smallest absolute Gasteiger partial charge is 0.331 e. The number of allylic oxidation sites excluding steroid dienone is 2. The van der Waals surface area contributed by atoms with Crippen molar-refractivity contribution in [3.63, 3.8) is 0 Å². The van der Waals surface area contributed by atoms with Gasteiger partial charge in [0, 0.05) is 11.6 Å². The van der Waals surface area contributed by atoms with Crippen molar-refractivity contribution in [2.45, 2.75) is 19.0 Å². The Morgan fingerprint density at radius 2 is 2.05 bits per heavy atom. The second-order valence-corrected chi connectivity index (χ2v) is 5.76. The van der Waals surface area contributed by atoms with E-state index in [1.165, 1.54) is 18.2 Å². The molecule has 2 aliphatic rings. The molecule has 0 heterocycles. The summed E-state index contributed by atoms with van der Waals surface area (Å²) in [5, 5.41) is 6.81. The Hall–Kier alpha value is -1.89. The van der Waals surface area contributed by atoms with Gasteiger partial charge >= 0.3 is 6.18 Å². The third-order valence-corrected chi connectivity index (χ3v) is 4.14. The Kier molecular flexibility index (Phi) is 3.90. The third-order valence-electron chi connectivity index (χ3n) is 3.94. The number of hydrazone groups is 1. The standard InChI is InChI=1S/C15H14F3N3S/c16-15(17,18)11-6-1-2-7-12(11)19-14(22)21-20-13-8-9-4-3-5-10(9)13/h1-4,6-7,9-10H,5,8H2,(H2,19,21,22)/b20-13-/t9-,10+/m0/s1. The number of rotatable bonds is 2. The lowest BCUT2D eigenvalue weighted by atomic mass is 9.74. The van der Waals surface area contributed by atoms with Crippen LogP contribution in [0, 0.1) is 11.8 Å². The number of alkyl halides is 3. The molecule has 1 aromatic carbocycles. The molecule has 1 fully saturated rings. The Balaban J connectivity index is 1.62. The molecule has 1 saturated carbocycles. The lowest BCUT2D eigenvalue weighted by Gasteiger charge is -2.31. The molecule has 0 aliphatic heterocycles. The Morgan fingerprint density at radius 1 is 1.27 bits per heavy atom. The molecule has 0 amide bonds. The first-order valence-electron chi connectivity index (χ1n) is 6.91. The number of hydrogen-bond acceptors (Lipinski definition) is 2. The van der Waals surface area contributed by atoms with Crippen LogP contribution >= 0.6 is 12.2 Å². The summed E-state index contributed by atoms with van der Waals surface area (Å²) in [7, 11) is 0. The highest BCUT2D eigenvalue weighted by atomic mass is 32.1. The maximum atomic E-state index is 12.9. The first-order valence-corrected chi connectivity index (χ1v) is 7.32. The van der Waals surface area contributed by atoms with Gasteiger partial charge in [0.15, 0.2) is 5.11 Å². The summed E-state index contributed by atoms with van der Waals surface area (Å²) in [6, 6.07) is 5.21. The largest absolute Gasteiger partial charge is 0.418 e. The quantitative estimate of drug-likeness (QED) is 0.491. The molecule has 0 aromatic heterocycles. The van der Waals surface area contributed by atoms with E-state index in [0.29, 0.717) is 11.8 Å². The summed E-state index contributed by atoms with van der Waals surface area (Å²) in [6.07, 6.45) is 1.74. The predicted octanol–water partition coefficient (Wildman–Crippen LogP) is 3.94. The zero-order valence-electron chi connectivity index (χ0n) is 11.5. The molecule has 0 unspecified atom stereocenters. The van der Waals surface area contributed by atoms with Crippen LogP contribution < -0.4 is 10.7 Å². The number of nitrogens with zero attached hydrogens (tertiary/aromatic N) is 1. The third kappa shape index (κ3) is 2.99. The van der Waals surface area contributed by atoms with Gasteiger partial charge in [-0.1, -0.05) is 24.3 Å². The minimum Gasteiger partial charge on any atom is -0.331 e. The molecular formula is C15H14F3N3S.